The SMILES string of the molecule is CCN(CC)CCCC(=O)c1c(C)[nH]c(/C=C2\C(=O)Nc3ccc(-c4cnn(-c5cccc(F)c5)c4)cc32)c1C. The van der Waals surface area contributed by atoms with Gasteiger partial charge in [0.1, 0.15) is 5.82 Å². The van der Waals surface area contributed by atoms with Crippen molar-refractivity contribution in [1.82, 2.24) is 19.7 Å². The third kappa shape index (κ3) is 5.40. The monoisotopic (exact) mass is 539 g/mol. The van der Waals surface area contributed by atoms with Gasteiger partial charge >= 0.3 is 0 Å². The fourth-order valence-electron chi connectivity index (χ4n) is 5.35. The molecule has 2 aromatic heterocycles. The molecule has 5 rings (SSSR count). The number of hydrogen-bond donors (Lipinski definition) is 2. The molecular weight excluding hydrogens is 505 g/mol. The summed E-state index contributed by atoms with van der Waals surface area (Å²) in [6.45, 7) is 11.0. The van der Waals surface area contributed by atoms with Crippen molar-refractivity contribution in [2.24, 2.45) is 0 Å². The second-order valence-corrected chi connectivity index (χ2v) is 10.1. The highest BCUT2D eigenvalue weighted by Crippen LogP contribution is 2.37. The van der Waals surface area contributed by atoms with E-state index in [1.165, 1.54) is 12.1 Å². The number of carbonyl (C=O) groups is 2. The van der Waals surface area contributed by atoms with Gasteiger partial charge in [0.15, 0.2) is 5.78 Å². The van der Waals surface area contributed by atoms with Gasteiger partial charge in [-0.05, 0) is 87.4 Å². The first-order chi connectivity index (χ1) is 19.3. The molecule has 1 aliphatic heterocycles. The number of halogens is 1. The maximum absolute atomic E-state index is 13.7. The average Bonchev–Trinajstić information content (AvgIpc) is 3.62. The van der Waals surface area contributed by atoms with Crippen molar-refractivity contribution in [2.75, 3.05) is 25.0 Å². The van der Waals surface area contributed by atoms with E-state index in [2.05, 4.69) is 34.1 Å². The number of carbonyl (C=O) groups excluding carboxylic acids is 2. The summed E-state index contributed by atoms with van der Waals surface area (Å²) in [5, 5.41) is 7.34. The van der Waals surface area contributed by atoms with E-state index in [1.54, 1.807) is 23.0 Å². The Hall–Kier alpha value is -4.30. The number of nitrogens with zero attached hydrogens (tertiary/aromatic N) is 3. The zero-order valence-electron chi connectivity index (χ0n) is 23.3. The number of fused-ring (bicyclic) bond motifs is 1. The zero-order chi connectivity index (χ0) is 28.4. The number of aromatic nitrogens is 3. The van der Waals surface area contributed by atoms with Crippen LogP contribution in [-0.4, -0.2) is 51.0 Å². The predicted molar refractivity (Wildman–Crippen MR) is 157 cm³/mol. The lowest BCUT2D eigenvalue weighted by molar-refractivity contribution is -0.110. The minimum absolute atomic E-state index is 0.122. The van der Waals surface area contributed by atoms with Gasteiger partial charge in [-0.1, -0.05) is 26.0 Å². The van der Waals surface area contributed by atoms with Crippen LogP contribution in [0.3, 0.4) is 0 Å². The molecule has 0 aliphatic carbocycles. The second kappa shape index (κ2) is 11.4. The van der Waals surface area contributed by atoms with Crippen LogP contribution >= 0.6 is 0 Å². The molecule has 8 heteroatoms. The Labute approximate surface area is 233 Å². The number of anilines is 1. The number of nitrogens with one attached hydrogen (secondary N) is 2. The summed E-state index contributed by atoms with van der Waals surface area (Å²) in [4.78, 5) is 31.8. The lowest BCUT2D eigenvalue weighted by Gasteiger charge is -2.17. The fourth-order valence-corrected chi connectivity index (χ4v) is 5.35. The number of rotatable bonds is 10. The molecule has 0 radical (unpaired) electrons. The van der Waals surface area contributed by atoms with Crippen LogP contribution in [-0.2, 0) is 4.79 Å². The van der Waals surface area contributed by atoms with Gasteiger partial charge in [0.25, 0.3) is 5.91 Å². The van der Waals surface area contributed by atoms with E-state index in [1.807, 2.05) is 44.3 Å². The van der Waals surface area contributed by atoms with Gasteiger partial charge in [-0.3, -0.25) is 9.59 Å². The molecule has 0 saturated heterocycles. The molecule has 0 saturated carbocycles. The number of amides is 1. The van der Waals surface area contributed by atoms with E-state index in [0.717, 1.165) is 65.4 Å². The number of aryl methyl sites for hydroxylation is 1. The molecule has 0 atom stereocenters. The first-order valence-electron chi connectivity index (χ1n) is 13.7. The van der Waals surface area contributed by atoms with Gasteiger partial charge in [0, 0.05) is 46.4 Å². The minimum atomic E-state index is -0.328. The largest absolute Gasteiger partial charge is 0.358 e. The highest BCUT2D eigenvalue weighted by atomic mass is 19.1. The standard InChI is InChI=1S/C32H34FN5O2/c1-5-37(6-2)14-8-11-30(39)31-20(3)29(35-21(31)4)17-27-26-15-22(12-13-28(26)36-32(27)40)23-18-34-38(19-23)25-10-7-9-24(33)16-25/h7,9-10,12-13,15-19,35H,5-6,8,11,14H2,1-4H3,(H,36,40)/b27-17-. The van der Waals surface area contributed by atoms with Crippen LogP contribution in [0.25, 0.3) is 28.5 Å². The van der Waals surface area contributed by atoms with Crippen LogP contribution in [0.5, 0.6) is 0 Å². The number of H-pyrrole nitrogens is 1. The highest BCUT2D eigenvalue weighted by molar-refractivity contribution is 6.35. The summed E-state index contributed by atoms with van der Waals surface area (Å²) in [6.07, 6.45) is 6.69. The van der Waals surface area contributed by atoms with Crippen molar-refractivity contribution in [2.45, 2.75) is 40.5 Å². The lowest BCUT2D eigenvalue weighted by atomic mass is 9.98. The molecule has 7 nitrogen and oxygen atoms in total. The molecule has 4 aromatic rings. The molecule has 206 valence electrons. The van der Waals surface area contributed by atoms with E-state index in [9.17, 15) is 14.0 Å². The first-order valence-corrected chi connectivity index (χ1v) is 13.7. The van der Waals surface area contributed by atoms with Gasteiger partial charge in [-0.25, -0.2) is 9.07 Å². The van der Waals surface area contributed by atoms with Crippen molar-refractivity contribution >= 4 is 29.0 Å². The van der Waals surface area contributed by atoms with Crippen molar-refractivity contribution in [1.29, 1.82) is 0 Å². The van der Waals surface area contributed by atoms with E-state index < -0.39 is 0 Å². The topological polar surface area (TPSA) is 83.0 Å². The number of aromatic amines is 1. The molecule has 3 heterocycles. The van der Waals surface area contributed by atoms with E-state index in [-0.39, 0.29) is 17.5 Å². The fraction of sp³-hybridized carbons (Fsp3) is 0.281. The van der Waals surface area contributed by atoms with E-state index in [4.69, 9.17) is 0 Å². The average molecular weight is 540 g/mol. The Kier molecular flexibility index (Phi) is 7.80. The molecule has 0 spiro atoms. The van der Waals surface area contributed by atoms with E-state index in [0.29, 0.717) is 23.2 Å². The number of ketones is 1. The Morgan fingerprint density at radius 1 is 1.10 bits per heavy atom. The zero-order valence-corrected chi connectivity index (χ0v) is 23.3. The molecule has 2 N–H and O–H groups in total. The maximum atomic E-state index is 13.7. The summed E-state index contributed by atoms with van der Waals surface area (Å²) in [5.74, 6) is -0.399. The third-order valence-corrected chi connectivity index (χ3v) is 7.61. The third-order valence-electron chi connectivity index (χ3n) is 7.61. The smallest absolute Gasteiger partial charge is 0.256 e. The highest BCUT2D eigenvalue weighted by Gasteiger charge is 2.26. The number of hydrogen-bond acceptors (Lipinski definition) is 4. The predicted octanol–water partition coefficient (Wildman–Crippen LogP) is 6.42. The molecule has 0 bridgehead atoms. The lowest BCUT2D eigenvalue weighted by Crippen LogP contribution is -2.24. The molecule has 1 amide bonds. The van der Waals surface area contributed by atoms with Crippen LogP contribution in [0.1, 0.15) is 59.6 Å². The van der Waals surface area contributed by atoms with Gasteiger partial charge in [0.05, 0.1) is 17.5 Å². The van der Waals surface area contributed by atoms with Crippen LogP contribution < -0.4 is 5.32 Å². The van der Waals surface area contributed by atoms with Gasteiger partial charge in [-0.2, -0.15) is 5.10 Å². The number of Topliss-reactive ketones (excluding diaryl/α,β-unsaturated/α-hetero) is 1. The molecule has 1 aliphatic rings. The molecular formula is C32H34FN5O2. The van der Waals surface area contributed by atoms with Crippen molar-refractivity contribution in [3.63, 3.8) is 0 Å². The molecule has 0 unspecified atom stereocenters. The number of benzene rings is 2. The Bertz CT molecular complexity index is 1610. The Balaban J connectivity index is 1.41. The first kappa shape index (κ1) is 27.3. The summed E-state index contributed by atoms with van der Waals surface area (Å²) in [6, 6.07) is 12.0. The maximum Gasteiger partial charge on any atom is 0.256 e. The summed E-state index contributed by atoms with van der Waals surface area (Å²) >= 11 is 0. The minimum Gasteiger partial charge on any atom is -0.358 e. The van der Waals surface area contributed by atoms with Crippen LogP contribution in [0.15, 0.2) is 54.9 Å². The van der Waals surface area contributed by atoms with Crippen LogP contribution in [0, 0.1) is 19.7 Å². The summed E-state index contributed by atoms with van der Waals surface area (Å²) in [5.41, 5.74) is 7.52. The Morgan fingerprint density at radius 2 is 1.90 bits per heavy atom. The second-order valence-electron chi connectivity index (χ2n) is 10.1. The molecule has 0 fully saturated rings. The van der Waals surface area contributed by atoms with Crippen LogP contribution in [0.4, 0.5) is 10.1 Å². The van der Waals surface area contributed by atoms with Gasteiger partial charge < -0.3 is 15.2 Å². The Morgan fingerprint density at radius 3 is 2.65 bits per heavy atom. The van der Waals surface area contributed by atoms with Crippen molar-refractivity contribution in [3.05, 3.63) is 88.8 Å². The summed E-state index contributed by atoms with van der Waals surface area (Å²) in [7, 11) is 0. The molecule has 40 heavy (non-hydrogen) atoms. The summed E-state index contributed by atoms with van der Waals surface area (Å²) < 4.78 is 15.3. The van der Waals surface area contributed by atoms with Crippen molar-refractivity contribution in [3.8, 4) is 16.8 Å². The normalized spacial score (nSPS) is 13.8. The van der Waals surface area contributed by atoms with Gasteiger partial charge in [0.2, 0.25) is 0 Å². The van der Waals surface area contributed by atoms with Gasteiger partial charge in [-0.15, -0.1) is 0 Å². The molecule has 2 aromatic carbocycles. The van der Waals surface area contributed by atoms with Crippen molar-refractivity contribution < 1.29 is 14.0 Å². The van der Waals surface area contributed by atoms with Crippen LogP contribution in [0.2, 0.25) is 0 Å². The quantitative estimate of drug-likeness (QED) is 0.180. The van der Waals surface area contributed by atoms with E-state index >= 15 is 0 Å².